The van der Waals surface area contributed by atoms with E-state index < -0.39 is 0 Å². The largest absolute Gasteiger partial charge is 0.317 e. The second kappa shape index (κ2) is 3.81. The van der Waals surface area contributed by atoms with E-state index in [2.05, 4.69) is 37.2 Å². The minimum absolute atomic E-state index is 0.575. The van der Waals surface area contributed by atoms with E-state index in [1.54, 1.807) is 0 Å². The number of piperidine rings is 1. The van der Waals surface area contributed by atoms with Crippen LogP contribution in [0.3, 0.4) is 0 Å². The van der Waals surface area contributed by atoms with E-state index in [0.717, 1.165) is 5.92 Å². The first-order valence-corrected chi connectivity index (χ1v) is 5.69. The standard InChI is InChI=1S/C9H19NS/c1-8(2)9(11-3)4-6-10-7-5-9/h8,10H,4-7H2,1-3H3. The zero-order chi connectivity index (χ0) is 8.32. The molecule has 0 unspecified atom stereocenters. The zero-order valence-corrected chi connectivity index (χ0v) is 8.63. The number of hydrogen-bond donors (Lipinski definition) is 1. The van der Waals surface area contributed by atoms with Gasteiger partial charge in [0.25, 0.3) is 0 Å². The third-order valence-electron chi connectivity index (χ3n) is 2.91. The van der Waals surface area contributed by atoms with Crippen molar-refractivity contribution in [3.05, 3.63) is 0 Å². The topological polar surface area (TPSA) is 12.0 Å². The normalized spacial score (nSPS) is 24.0. The molecule has 1 saturated heterocycles. The number of thioether (sulfide) groups is 1. The van der Waals surface area contributed by atoms with Gasteiger partial charge in [-0.15, -0.1) is 0 Å². The summed E-state index contributed by atoms with van der Waals surface area (Å²) >= 11 is 2.06. The summed E-state index contributed by atoms with van der Waals surface area (Å²) in [5.41, 5.74) is 0. The van der Waals surface area contributed by atoms with Gasteiger partial charge in [-0.05, 0) is 38.1 Å². The highest BCUT2D eigenvalue weighted by atomic mass is 32.2. The monoisotopic (exact) mass is 173 g/mol. The van der Waals surface area contributed by atoms with E-state index >= 15 is 0 Å². The molecule has 0 spiro atoms. The molecule has 0 aromatic rings. The molecule has 0 atom stereocenters. The molecule has 11 heavy (non-hydrogen) atoms. The molecule has 66 valence electrons. The Morgan fingerprint density at radius 2 is 1.82 bits per heavy atom. The molecule has 1 aliphatic heterocycles. The smallest absolute Gasteiger partial charge is 0.0204 e. The van der Waals surface area contributed by atoms with E-state index in [-0.39, 0.29) is 0 Å². The van der Waals surface area contributed by atoms with E-state index in [1.807, 2.05) is 0 Å². The average Bonchev–Trinajstić information content (AvgIpc) is 2.05. The summed E-state index contributed by atoms with van der Waals surface area (Å²) in [5.74, 6) is 0.819. The second-order valence-corrected chi connectivity index (χ2v) is 4.89. The fraction of sp³-hybridized carbons (Fsp3) is 1.00. The van der Waals surface area contributed by atoms with E-state index in [9.17, 15) is 0 Å². The van der Waals surface area contributed by atoms with Gasteiger partial charge in [0.15, 0.2) is 0 Å². The summed E-state index contributed by atoms with van der Waals surface area (Å²) in [6.45, 7) is 7.11. The molecular weight excluding hydrogens is 154 g/mol. The number of nitrogens with one attached hydrogen (secondary N) is 1. The van der Waals surface area contributed by atoms with E-state index in [4.69, 9.17) is 0 Å². The lowest BCUT2D eigenvalue weighted by molar-refractivity contribution is 0.333. The lowest BCUT2D eigenvalue weighted by Gasteiger charge is -2.39. The summed E-state index contributed by atoms with van der Waals surface area (Å²) in [6, 6.07) is 0. The molecule has 0 aliphatic carbocycles. The van der Waals surface area contributed by atoms with Crippen molar-refractivity contribution in [2.24, 2.45) is 5.92 Å². The summed E-state index contributed by atoms with van der Waals surface area (Å²) in [5, 5.41) is 3.42. The molecule has 1 nitrogen and oxygen atoms in total. The molecule has 0 saturated carbocycles. The van der Waals surface area contributed by atoms with Gasteiger partial charge in [0.1, 0.15) is 0 Å². The maximum atomic E-state index is 3.42. The Hall–Kier alpha value is 0.310. The van der Waals surface area contributed by atoms with Crippen molar-refractivity contribution in [1.29, 1.82) is 0 Å². The van der Waals surface area contributed by atoms with Gasteiger partial charge in [0, 0.05) is 4.75 Å². The van der Waals surface area contributed by atoms with Crippen LogP contribution in [0.4, 0.5) is 0 Å². The predicted octanol–water partition coefficient (Wildman–Crippen LogP) is 2.13. The van der Waals surface area contributed by atoms with Gasteiger partial charge >= 0.3 is 0 Å². The molecule has 1 fully saturated rings. The summed E-state index contributed by atoms with van der Waals surface area (Å²) in [4.78, 5) is 0. The number of rotatable bonds is 2. The van der Waals surface area contributed by atoms with Crippen molar-refractivity contribution in [3.8, 4) is 0 Å². The Morgan fingerprint density at radius 1 is 1.27 bits per heavy atom. The average molecular weight is 173 g/mol. The van der Waals surface area contributed by atoms with Crippen LogP contribution in [0, 0.1) is 5.92 Å². The molecule has 0 aromatic carbocycles. The van der Waals surface area contributed by atoms with Crippen molar-refractivity contribution < 1.29 is 0 Å². The minimum atomic E-state index is 0.575. The third-order valence-corrected chi connectivity index (χ3v) is 4.60. The Bertz CT molecular complexity index is 117. The lowest BCUT2D eigenvalue weighted by atomic mass is 9.86. The van der Waals surface area contributed by atoms with Crippen LogP contribution in [0.15, 0.2) is 0 Å². The molecule has 1 heterocycles. The molecule has 1 aliphatic rings. The minimum Gasteiger partial charge on any atom is -0.317 e. The number of hydrogen-bond acceptors (Lipinski definition) is 2. The van der Waals surface area contributed by atoms with Crippen LogP contribution in [-0.2, 0) is 0 Å². The first-order chi connectivity index (χ1) is 5.21. The van der Waals surface area contributed by atoms with Gasteiger partial charge < -0.3 is 5.32 Å². The molecule has 0 aromatic heterocycles. The van der Waals surface area contributed by atoms with Crippen molar-refractivity contribution in [2.45, 2.75) is 31.4 Å². The summed E-state index contributed by atoms with van der Waals surface area (Å²) in [7, 11) is 0. The fourth-order valence-electron chi connectivity index (χ4n) is 1.87. The highest BCUT2D eigenvalue weighted by molar-refractivity contribution is 8.00. The lowest BCUT2D eigenvalue weighted by Crippen LogP contribution is -2.42. The third kappa shape index (κ3) is 1.91. The molecule has 0 radical (unpaired) electrons. The molecule has 1 N–H and O–H groups in total. The van der Waals surface area contributed by atoms with Crippen LogP contribution in [0.5, 0.6) is 0 Å². The van der Waals surface area contributed by atoms with Crippen LogP contribution in [0.2, 0.25) is 0 Å². The second-order valence-electron chi connectivity index (χ2n) is 3.67. The summed E-state index contributed by atoms with van der Waals surface area (Å²) < 4.78 is 0.575. The van der Waals surface area contributed by atoms with Gasteiger partial charge in [0.05, 0.1) is 0 Å². The van der Waals surface area contributed by atoms with Crippen molar-refractivity contribution in [3.63, 3.8) is 0 Å². The zero-order valence-electron chi connectivity index (χ0n) is 7.81. The molecule has 2 heteroatoms. The molecule has 1 rings (SSSR count). The SMILES string of the molecule is CSC1(C(C)C)CCNCC1. The fourth-order valence-corrected chi connectivity index (χ4v) is 2.95. The Labute approximate surface area is 74.3 Å². The van der Waals surface area contributed by atoms with E-state index in [0.29, 0.717) is 4.75 Å². The Kier molecular flexibility index (Phi) is 3.26. The Balaban J connectivity index is 2.57. The van der Waals surface area contributed by atoms with Gasteiger partial charge in [-0.3, -0.25) is 0 Å². The summed E-state index contributed by atoms with van der Waals surface area (Å²) in [6.07, 6.45) is 4.93. The van der Waals surface area contributed by atoms with Crippen molar-refractivity contribution >= 4 is 11.8 Å². The highest BCUT2D eigenvalue weighted by Crippen LogP contribution is 2.38. The van der Waals surface area contributed by atoms with Crippen LogP contribution < -0.4 is 5.32 Å². The maximum absolute atomic E-state index is 3.42. The van der Waals surface area contributed by atoms with Crippen LogP contribution in [0.1, 0.15) is 26.7 Å². The Morgan fingerprint density at radius 3 is 2.09 bits per heavy atom. The van der Waals surface area contributed by atoms with Gasteiger partial charge in [-0.25, -0.2) is 0 Å². The molecule has 0 amide bonds. The molecular formula is C9H19NS. The van der Waals surface area contributed by atoms with Crippen LogP contribution in [-0.4, -0.2) is 24.1 Å². The van der Waals surface area contributed by atoms with Crippen LogP contribution in [0.25, 0.3) is 0 Å². The highest BCUT2D eigenvalue weighted by Gasteiger charge is 2.33. The van der Waals surface area contributed by atoms with Crippen LogP contribution >= 0.6 is 11.8 Å². The first kappa shape index (κ1) is 9.40. The predicted molar refractivity (Wildman–Crippen MR) is 53.2 cm³/mol. The maximum Gasteiger partial charge on any atom is 0.0204 e. The van der Waals surface area contributed by atoms with Gasteiger partial charge in [-0.2, -0.15) is 11.8 Å². The van der Waals surface area contributed by atoms with Gasteiger partial charge in [0.2, 0.25) is 0 Å². The van der Waals surface area contributed by atoms with Gasteiger partial charge in [-0.1, -0.05) is 13.8 Å². The van der Waals surface area contributed by atoms with E-state index in [1.165, 1.54) is 25.9 Å². The van der Waals surface area contributed by atoms with Crippen molar-refractivity contribution in [2.75, 3.05) is 19.3 Å². The first-order valence-electron chi connectivity index (χ1n) is 4.47. The van der Waals surface area contributed by atoms with Crippen molar-refractivity contribution in [1.82, 2.24) is 5.32 Å². The molecule has 0 bridgehead atoms. The quantitative estimate of drug-likeness (QED) is 0.686.